The van der Waals surface area contributed by atoms with Crippen LogP contribution >= 0.6 is 0 Å². The number of likely N-dealkylation sites (tertiary alicyclic amines) is 2. The highest BCUT2D eigenvalue weighted by Gasteiger charge is 2.32. The quantitative estimate of drug-likeness (QED) is 0.149. The summed E-state index contributed by atoms with van der Waals surface area (Å²) in [6.45, 7) is 14.1. The average molecular weight is 845 g/mol. The zero-order chi connectivity index (χ0) is 43.4. The van der Waals surface area contributed by atoms with E-state index in [2.05, 4.69) is 20.3 Å². The number of nitrogens with one attached hydrogen (secondary N) is 3. The second-order valence-corrected chi connectivity index (χ2v) is 19.1. The van der Waals surface area contributed by atoms with Crippen LogP contribution in [0.25, 0.3) is 10.9 Å². The van der Waals surface area contributed by atoms with Crippen LogP contribution in [0.5, 0.6) is 0 Å². The van der Waals surface area contributed by atoms with Gasteiger partial charge >= 0.3 is 18.2 Å². The van der Waals surface area contributed by atoms with E-state index >= 15 is 0 Å². The fourth-order valence-corrected chi connectivity index (χ4v) is 8.66. The molecule has 1 aromatic heterocycles. The van der Waals surface area contributed by atoms with Crippen molar-refractivity contribution < 1.29 is 46.6 Å². The summed E-state index contributed by atoms with van der Waals surface area (Å²) in [5.41, 5.74) is -0.925. The number of ether oxygens (including phenoxy) is 3. The first-order valence-corrected chi connectivity index (χ1v) is 22.3. The fourth-order valence-electron chi connectivity index (χ4n) is 7.29. The zero-order valence-corrected chi connectivity index (χ0v) is 36.5. The van der Waals surface area contributed by atoms with E-state index in [1.54, 1.807) is 41.0 Å². The lowest BCUT2D eigenvalue weighted by atomic mass is 9.84. The molecule has 328 valence electrons. The number of rotatable bonds is 16. The standard InChI is InChI=1S/C42H64N6O10S/c1-8-56-38(51)33(46-59(54,55)34-13-9-11-31-12-10-22-43-36(31)34)27-44-35(49)28-45-37(50)32(16-14-29-18-23-47(24-19-29)39(52)57-41(2,3)4)17-15-30-20-25-48(26-21-30)40(53)58-42(5,6)7/h9-13,22,29-30,32-33,46H,8,14-21,23-28H2,1-7H3,(H,44,49)(H,45,50)/t33-/m0/s1. The van der Waals surface area contributed by atoms with Gasteiger partial charge in [0.15, 0.2) is 0 Å². The van der Waals surface area contributed by atoms with Gasteiger partial charge in [-0.2, -0.15) is 4.72 Å². The first-order chi connectivity index (χ1) is 27.7. The van der Waals surface area contributed by atoms with E-state index in [1.807, 2.05) is 41.5 Å². The lowest BCUT2D eigenvalue weighted by Crippen LogP contribution is -2.50. The third-order valence-electron chi connectivity index (χ3n) is 10.4. The van der Waals surface area contributed by atoms with Crippen molar-refractivity contribution in [3.63, 3.8) is 0 Å². The smallest absolute Gasteiger partial charge is 0.410 e. The number of carbonyl (C=O) groups excluding carboxylic acids is 5. The van der Waals surface area contributed by atoms with Crippen molar-refractivity contribution in [1.82, 2.24) is 30.1 Å². The van der Waals surface area contributed by atoms with Crippen LogP contribution < -0.4 is 15.4 Å². The molecule has 2 aromatic rings. The molecule has 1 atom stereocenters. The molecule has 2 saturated heterocycles. The second kappa shape index (κ2) is 21.1. The number of hydrogen-bond acceptors (Lipinski definition) is 11. The van der Waals surface area contributed by atoms with E-state index in [4.69, 9.17) is 14.2 Å². The number of aromatic nitrogens is 1. The van der Waals surface area contributed by atoms with E-state index < -0.39 is 45.7 Å². The van der Waals surface area contributed by atoms with Gasteiger partial charge in [-0.05, 0) is 124 Å². The molecule has 17 heteroatoms. The van der Waals surface area contributed by atoms with Crippen LogP contribution in [0.3, 0.4) is 0 Å². The predicted molar refractivity (Wildman–Crippen MR) is 222 cm³/mol. The number of hydrogen-bond donors (Lipinski definition) is 3. The Bertz CT molecular complexity index is 1810. The van der Waals surface area contributed by atoms with Gasteiger partial charge in [0.1, 0.15) is 22.1 Å². The molecule has 1 aromatic carbocycles. The normalized spacial score (nSPS) is 16.4. The molecule has 2 aliphatic heterocycles. The molecular formula is C42H64N6O10S. The van der Waals surface area contributed by atoms with E-state index in [1.165, 1.54) is 12.3 Å². The second-order valence-electron chi connectivity index (χ2n) is 17.5. The maximum absolute atomic E-state index is 13.7. The summed E-state index contributed by atoms with van der Waals surface area (Å²) in [5, 5.41) is 5.93. The summed E-state index contributed by atoms with van der Waals surface area (Å²) in [6.07, 6.45) is 6.74. The molecule has 2 fully saturated rings. The highest BCUT2D eigenvalue weighted by atomic mass is 32.2. The van der Waals surface area contributed by atoms with Crippen LogP contribution in [-0.2, 0) is 38.6 Å². The SMILES string of the molecule is CCOC(=O)[C@H](CNC(=O)CNC(=O)C(CCC1CCN(C(=O)OC(C)(C)C)CC1)CCC1CCN(C(=O)OC(C)(C)C)CC1)NS(=O)(=O)c1cccc2cccnc12. The predicted octanol–water partition coefficient (Wildman–Crippen LogP) is 5.15. The molecule has 0 unspecified atom stereocenters. The van der Waals surface area contributed by atoms with Gasteiger partial charge in [-0.3, -0.25) is 19.4 Å². The maximum atomic E-state index is 13.7. The van der Waals surface area contributed by atoms with Crippen molar-refractivity contribution >= 4 is 50.9 Å². The molecule has 59 heavy (non-hydrogen) atoms. The monoisotopic (exact) mass is 844 g/mol. The van der Waals surface area contributed by atoms with Crippen molar-refractivity contribution in [1.29, 1.82) is 0 Å². The highest BCUT2D eigenvalue weighted by molar-refractivity contribution is 7.89. The van der Waals surface area contributed by atoms with E-state index in [9.17, 15) is 32.4 Å². The minimum atomic E-state index is -4.28. The van der Waals surface area contributed by atoms with Gasteiger partial charge in [-0.15, -0.1) is 0 Å². The highest BCUT2D eigenvalue weighted by Crippen LogP contribution is 2.30. The van der Waals surface area contributed by atoms with E-state index in [0.717, 1.165) is 38.5 Å². The minimum Gasteiger partial charge on any atom is -0.465 e. The number of nitrogens with zero attached hydrogens (tertiary/aromatic N) is 3. The Morgan fingerprint density at radius 1 is 0.797 bits per heavy atom. The molecule has 16 nitrogen and oxygen atoms in total. The summed E-state index contributed by atoms with van der Waals surface area (Å²) in [6, 6.07) is 6.62. The number of para-hydroxylation sites is 1. The van der Waals surface area contributed by atoms with Crippen LogP contribution in [0.2, 0.25) is 0 Å². The minimum absolute atomic E-state index is 0.00994. The van der Waals surface area contributed by atoms with E-state index in [0.29, 0.717) is 56.2 Å². The molecule has 4 amide bonds. The molecular weight excluding hydrogens is 781 g/mol. The van der Waals surface area contributed by atoms with Crippen LogP contribution in [0.15, 0.2) is 41.4 Å². The fraction of sp³-hybridized carbons (Fsp3) is 0.667. The van der Waals surface area contributed by atoms with Gasteiger partial charge < -0.3 is 34.6 Å². The van der Waals surface area contributed by atoms with Crippen molar-refractivity contribution in [3.8, 4) is 0 Å². The molecule has 4 rings (SSSR count). The Hall–Kier alpha value is -4.51. The lowest BCUT2D eigenvalue weighted by Gasteiger charge is -2.34. The van der Waals surface area contributed by atoms with Crippen LogP contribution in [0, 0.1) is 17.8 Å². The number of pyridine rings is 1. The third kappa shape index (κ3) is 15.2. The Kier molecular flexibility index (Phi) is 16.9. The molecule has 2 aliphatic rings. The molecule has 0 saturated carbocycles. The third-order valence-corrected chi connectivity index (χ3v) is 11.9. The number of amides is 4. The summed E-state index contributed by atoms with van der Waals surface area (Å²) in [7, 11) is -4.28. The number of carbonyl (C=O) groups is 5. The number of fused-ring (bicyclic) bond motifs is 1. The Morgan fingerprint density at radius 2 is 1.32 bits per heavy atom. The summed E-state index contributed by atoms with van der Waals surface area (Å²) < 4.78 is 45.5. The first kappa shape index (κ1) is 47.2. The zero-order valence-electron chi connectivity index (χ0n) is 35.7. The lowest BCUT2D eigenvalue weighted by molar-refractivity contribution is -0.145. The molecule has 0 radical (unpaired) electrons. The van der Waals surface area contributed by atoms with Gasteiger partial charge in [0.25, 0.3) is 0 Å². The first-order valence-electron chi connectivity index (χ1n) is 20.8. The van der Waals surface area contributed by atoms with Gasteiger partial charge in [0.05, 0.1) is 18.7 Å². The molecule has 0 bridgehead atoms. The number of sulfonamides is 1. The van der Waals surface area contributed by atoms with Crippen molar-refractivity contribution in [2.24, 2.45) is 17.8 Å². The van der Waals surface area contributed by atoms with E-state index in [-0.39, 0.29) is 47.6 Å². The molecule has 3 heterocycles. The molecule has 3 N–H and O–H groups in total. The topological polar surface area (TPSA) is 203 Å². The van der Waals surface area contributed by atoms with Crippen LogP contribution in [-0.4, -0.2) is 116 Å². The molecule has 0 spiro atoms. The Balaban J connectivity index is 1.34. The van der Waals surface area contributed by atoms with Crippen LogP contribution in [0.4, 0.5) is 9.59 Å². The van der Waals surface area contributed by atoms with Gasteiger partial charge in [-0.25, -0.2) is 18.0 Å². The number of piperidine rings is 2. The van der Waals surface area contributed by atoms with Crippen molar-refractivity contribution in [3.05, 3.63) is 36.5 Å². The van der Waals surface area contributed by atoms with Gasteiger partial charge in [0, 0.05) is 50.2 Å². The maximum Gasteiger partial charge on any atom is 0.410 e. The number of esters is 1. The Morgan fingerprint density at radius 3 is 1.83 bits per heavy atom. The van der Waals surface area contributed by atoms with Gasteiger partial charge in [0.2, 0.25) is 21.8 Å². The Labute approximate surface area is 348 Å². The van der Waals surface area contributed by atoms with Crippen LogP contribution in [0.1, 0.15) is 99.8 Å². The molecule has 0 aliphatic carbocycles. The summed E-state index contributed by atoms with van der Waals surface area (Å²) in [4.78, 5) is 72.4. The summed E-state index contributed by atoms with van der Waals surface area (Å²) >= 11 is 0. The number of benzene rings is 1. The largest absolute Gasteiger partial charge is 0.465 e. The van der Waals surface area contributed by atoms with Gasteiger partial charge in [-0.1, -0.05) is 18.2 Å². The average Bonchev–Trinajstić information content (AvgIpc) is 3.17. The van der Waals surface area contributed by atoms with Crippen molar-refractivity contribution in [2.45, 2.75) is 122 Å². The van der Waals surface area contributed by atoms with Crippen molar-refractivity contribution in [2.75, 3.05) is 45.9 Å². The summed E-state index contributed by atoms with van der Waals surface area (Å²) in [5.74, 6) is -1.51.